The van der Waals surface area contributed by atoms with Crippen LogP contribution in [-0.2, 0) is 0 Å². The first-order valence-electron chi connectivity index (χ1n) is 3.39. The molecule has 0 spiro atoms. The summed E-state index contributed by atoms with van der Waals surface area (Å²) in [5.41, 5.74) is 0. The fourth-order valence-corrected chi connectivity index (χ4v) is 1.68. The zero-order valence-electron chi connectivity index (χ0n) is 4.98. The van der Waals surface area contributed by atoms with Crippen LogP contribution in [0.25, 0.3) is 0 Å². The summed E-state index contributed by atoms with van der Waals surface area (Å²) in [6.07, 6.45) is 1.41. The summed E-state index contributed by atoms with van der Waals surface area (Å²) in [5, 5.41) is 6.84. The van der Waals surface area contributed by atoms with Crippen LogP contribution in [0.3, 0.4) is 0 Å². The monoisotopic (exact) mass is 112 g/mol. The molecule has 2 heterocycles. The van der Waals surface area contributed by atoms with Crippen molar-refractivity contribution in [2.24, 2.45) is 5.92 Å². The summed E-state index contributed by atoms with van der Waals surface area (Å²) in [5.74, 6) is 0.939. The van der Waals surface area contributed by atoms with Crippen molar-refractivity contribution in [2.45, 2.75) is 12.5 Å². The second kappa shape index (κ2) is 1.71. The lowest BCUT2D eigenvalue weighted by atomic mass is 10.0. The van der Waals surface area contributed by atoms with Crippen molar-refractivity contribution in [3.8, 4) is 0 Å². The van der Waals surface area contributed by atoms with Crippen molar-refractivity contribution in [1.29, 1.82) is 0 Å². The van der Waals surface area contributed by atoms with Crippen LogP contribution < -0.4 is 10.6 Å². The molecule has 2 nitrogen and oxygen atoms in total. The lowest BCUT2D eigenvalue weighted by Gasteiger charge is -2.17. The highest BCUT2D eigenvalue weighted by Crippen LogP contribution is 2.15. The zero-order valence-corrected chi connectivity index (χ0v) is 4.98. The first kappa shape index (κ1) is 4.77. The van der Waals surface area contributed by atoms with Crippen LogP contribution in [0, 0.1) is 5.92 Å². The van der Waals surface area contributed by atoms with Crippen molar-refractivity contribution in [1.82, 2.24) is 10.6 Å². The molecule has 2 rings (SSSR count). The average molecular weight is 112 g/mol. The van der Waals surface area contributed by atoms with Gasteiger partial charge in [-0.2, -0.15) is 0 Å². The highest BCUT2D eigenvalue weighted by atomic mass is 15.1. The van der Waals surface area contributed by atoms with Crippen LogP contribution >= 0.6 is 0 Å². The molecule has 0 aromatic heterocycles. The lowest BCUT2D eigenvalue weighted by molar-refractivity contribution is 0.429. The minimum atomic E-state index is 0.800. The van der Waals surface area contributed by atoms with Gasteiger partial charge in [-0.25, -0.2) is 0 Å². The molecule has 2 heteroatoms. The van der Waals surface area contributed by atoms with E-state index in [2.05, 4.69) is 10.6 Å². The van der Waals surface area contributed by atoms with E-state index < -0.39 is 0 Å². The Morgan fingerprint density at radius 3 is 2.88 bits per heavy atom. The van der Waals surface area contributed by atoms with Gasteiger partial charge in [0.05, 0.1) is 0 Å². The molecule has 0 aromatic rings. The van der Waals surface area contributed by atoms with E-state index in [9.17, 15) is 0 Å². The van der Waals surface area contributed by atoms with Gasteiger partial charge in [-0.3, -0.25) is 0 Å². The molecule has 2 saturated heterocycles. The summed E-state index contributed by atoms with van der Waals surface area (Å²) in [6, 6.07) is 0.800. The number of hydrogen-bond acceptors (Lipinski definition) is 2. The van der Waals surface area contributed by atoms with E-state index >= 15 is 0 Å². The maximum Gasteiger partial charge on any atom is 0.0196 e. The Labute approximate surface area is 49.7 Å². The maximum atomic E-state index is 3.46. The van der Waals surface area contributed by atoms with Crippen LogP contribution in [0.1, 0.15) is 6.42 Å². The Morgan fingerprint density at radius 1 is 1.12 bits per heavy atom. The average Bonchev–Trinajstić information content (AvgIpc) is 2.12. The highest BCUT2D eigenvalue weighted by molar-refractivity contribution is 4.88. The standard InChI is InChI=1S/C6H12N2/c1-5-2-7-4-6(1)8-3-5/h5-8H,1-4H2/t5-,6+/m0/s1. The SMILES string of the molecule is C1NC[C@H]2C[C@@H]1CN2. The van der Waals surface area contributed by atoms with E-state index in [1.807, 2.05) is 0 Å². The topological polar surface area (TPSA) is 24.1 Å². The van der Waals surface area contributed by atoms with Gasteiger partial charge in [-0.05, 0) is 25.4 Å². The Balaban J connectivity index is 2.03. The van der Waals surface area contributed by atoms with Gasteiger partial charge in [-0.1, -0.05) is 0 Å². The molecule has 2 N–H and O–H groups in total. The normalized spacial score (nSPS) is 45.0. The molecule has 0 radical (unpaired) electrons. The molecule has 0 saturated carbocycles. The first-order valence-corrected chi connectivity index (χ1v) is 3.39. The quantitative estimate of drug-likeness (QED) is 0.444. The number of fused-ring (bicyclic) bond motifs is 2. The molecule has 2 aliphatic heterocycles. The Bertz CT molecular complexity index is 78.5. The minimum absolute atomic E-state index is 0.800. The van der Waals surface area contributed by atoms with Crippen LogP contribution in [0.15, 0.2) is 0 Å². The van der Waals surface area contributed by atoms with Gasteiger partial charge < -0.3 is 10.6 Å². The van der Waals surface area contributed by atoms with Crippen molar-refractivity contribution >= 4 is 0 Å². The molecule has 2 fully saturated rings. The van der Waals surface area contributed by atoms with Crippen LogP contribution in [0.4, 0.5) is 0 Å². The highest BCUT2D eigenvalue weighted by Gasteiger charge is 2.26. The number of piperidine rings is 1. The third-order valence-electron chi connectivity index (χ3n) is 2.14. The van der Waals surface area contributed by atoms with Crippen molar-refractivity contribution in [2.75, 3.05) is 19.6 Å². The van der Waals surface area contributed by atoms with Gasteiger partial charge in [0.25, 0.3) is 0 Å². The summed E-state index contributed by atoms with van der Waals surface area (Å²) < 4.78 is 0. The summed E-state index contributed by atoms with van der Waals surface area (Å²) in [7, 11) is 0. The predicted octanol–water partition coefficient (Wildman–Crippen LogP) is -0.432. The first-order chi connectivity index (χ1) is 3.95. The van der Waals surface area contributed by atoms with E-state index in [1.54, 1.807) is 0 Å². The van der Waals surface area contributed by atoms with Crippen LogP contribution in [0.2, 0.25) is 0 Å². The number of rotatable bonds is 0. The van der Waals surface area contributed by atoms with Crippen LogP contribution in [-0.4, -0.2) is 25.7 Å². The van der Waals surface area contributed by atoms with Gasteiger partial charge in [-0.15, -0.1) is 0 Å². The molecular weight excluding hydrogens is 100 g/mol. The van der Waals surface area contributed by atoms with E-state index in [0.717, 1.165) is 12.0 Å². The maximum absolute atomic E-state index is 3.46. The van der Waals surface area contributed by atoms with E-state index in [0.29, 0.717) is 0 Å². The van der Waals surface area contributed by atoms with Crippen LogP contribution in [0.5, 0.6) is 0 Å². The Morgan fingerprint density at radius 2 is 2.12 bits per heavy atom. The van der Waals surface area contributed by atoms with Gasteiger partial charge in [0.15, 0.2) is 0 Å². The fraction of sp³-hybridized carbons (Fsp3) is 1.00. The van der Waals surface area contributed by atoms with Gasteiger partial charge in [0, 0.05) is 12.6 Å². The lowest BCUT2D eigenvalue weighted by Crippen LogP contribution is -2.36. The molecule has 46 valence electrons. The second-order valence-electron chi connectivity index (χ2n) is 2.87. The molecule has 2 aliphatic rings. The van der Waals surface area contributed by atoms with Gasteiger partial charge in [0.2, 0.25) is 0 Å². The molecule has 0 unspecified atom stereocenters. The number of hydrogen-bond donors (Lipinski definition) is 2. The fourth-order valence-electron chi connectivity index (χ4n) is 1.68. The predicted molar refractivity (Wildman–Crippen MR) is 32.8 cm³/mol. The van der Waals surface area contributed by atoms with Gasteiger partial charge >= 0.3 is 0 Å². The molecule has 0 aliphatic carbocycles. The summed E-state index contributed by atoms with van der Waals surface area (Å²) in [4.78, 5) is 0. The summed E-state index contributed by atoms with van der Waals surface area (Å²) in [6.45, 7) is 3.68. The van der Waals surface area contributed by atoms with Crippen molar-refractivity contribution in [3.63, 3.8) is 0 Å². The molecule has 0 amide bonds. The Hall–Kier alpha value is -0.0800. The second-order valence-corrected chi connectivity index (χ2v) is 2.87. The third kappa shape index (κ3) is 0.644. The number of nitrogens with one attached hydrogen (secondary N) is 2. The summed E-state index contributed by atoms with van der Waals surface area (Å²) >= 11 is 0. The molecule has 8 heavy (non-hydrogen) atoms. The molecule has 2 atom stereocenters. The van der Waals surface area contributed by atoms with Crippen molar-refractivity contribution in [3.05, 3.63) is 0 Å². The van der Waals surface area contributed by atoms with E-state index in [4.69, 9.17) is 0 Å². The smallest absolute Gasteiger partial charge is 0.0196 e. The molecular formula is C6H12N2. The van der Waals surface area contributed by atoms with E-state index in [-0.39, 0.29) is 0 Å². The largest absolute Gasteiger partial charge is 0.315 e. The Kier molecular flexibility index (Phi) is 1.02. The zero-order chi connectivity index (χ0) is 5.40. The molecule has 0 aromatic carbocycles. The molecule has 2 bridgehead atoms. The van der Waals surface area contributed by atoms with Crippen molar-refractivity contribution < 1.29 is 0 Å². The van der Waals surface area contributed by atoms with Gasteiger partial charge in [0.1, 0.15) is 0 Å². The minimum Gasteiger partial charge on any atom is -0.315 e. The third-order valence-corrected chi connectivity index (χ3v) is 2.14. The van der Waals surface area contributed by atoms with E-state index in [1.165, 1.54) is 26.1 Å².